The Hall–Kier alpha value is -1.59. The predicted octanol–water partition coefficient (Wildman–Crippen LogP) is 3.20. The van der Waals surface area contributed by atoms with E-state index in [2.05, 4.69) is 9.97 Å². The van der Waals surface area contributed by atoms with Gasteiger partial charge in [0.15, 0.2) is 5.82 Å². The van der Waals surface area contributed by atoms with Crippen molar-refractivity contribution in [2.45, 2.75) is 27.0 Å². The highest BCUT2D eigenvalue weighted by Gasteiger charge is 2.10. The second kappa shape index (κ2) is 6.72. The first kappa shape index (κ1) is 14.8. The molecule has 2 aromatic rings. The minimum Gasteiger partial charge on any atom is -0.469 e. The van der Waals surface area contributed by atoms with Crippen LogP contribution >= 0.6 is 11.6 Å². The van der Waals surface area contributed by atoms with Crippen LogP contribution in [0.2, 0.25) is 5.15 Å². The van der Waals surface area contributed by atoms with Gasteiger partial charge in [0.05, 0.1) is 6.26 Å². The summed E-state index contributed by atoms with van der Waals surface area (Å²) < 4.78 is 10.6. The summed E-state index contributed by atoms with van der Waals surface area (Å²) in [6.07, 6.45) is 1.69. The maximum Gasteiger partial charge on any atom is 0.158 e. The summed E-state index contributed by atoms with van der Waals surface area (Å²) in [6.45, 7) is 5.55. The molecule has 6 heteroatoms. The van der Waals surface area contributed by atoms with E-state index in [4.69, 9.17) is 20.8 Å². The lowest BCUT2D eigenvalue weighted by molar-refractivity contribution is 0.128. The first-order valence-electron chi connectivity index (χ1n) is 6.45. The average molecular weight is 296 g/mol. The fourth-order valence-corrected chi connectivity index (χ4v) is 2.01. The number of anilines is 1. The molecule has 0 aliphatic carbocycles. The highest BCUT2D eigenvalue weighted by Crippen LogP contribution is 2.19. The molecule has 0 aliphatic rings. The number of rotatable bonds is 6. The molecule has 0 saturated carbocycles. The average Bonchev–Trinajstić information content (AvgIpc) is 2.81. The topological polar surface area (TPSA) is 51.4 Å². The van der Waals surface area contributed by atoms with Gasteiger partial charge in [0, 0.05) is 31.8 Å². The standard InChI is InChI=1S/C14H18ClN3O2/c1-4-19-9-13-16-12(15)7-14(17-13)18(3)8-11-5-6-20-10(11)2/h5-7H,4,8-9H2,1-3H3. The molecule has 0 aliphatic heterocycles. The summed E-state index contributed by atoms with van der Waals surface area (Å²) in [5, 5.41) is 0.417. The van der Waals surface area contributed by atoms with Gasteiger partial charge in [-0.25, -0.2) is 9.97 Å². The van der Waals surface area contributed by atoms with Crippen molar-refractivity contribution in [1.29, 1.82) is 0 Å². The summed E-state index contributed by atoms with van der Waals surface area (Å²) in [6, 6.07) is 3.70. The lowest BCUT2D eigenvalue weighted by Crippen LogP contribution is -2.19. The lowest BCUT2D eigenvalue weighted by Gasteiger charge is -2.18. The van der Waals surface area contributed by atoms with Gasteiger partial charge in [-0.05, 0) is 19.9 Å². The molecule has 5 nitrogen and oxygen atoms in total. The van der Waals surface area contributed by atoms with Crippen molar-refractivity contribution in [1.82, 2.24) is 9.97 Å². The summed E-state index contributed by atoms with van der Waals surface area (Å²) in [4.78, 5) is 10.6. The summed E-state index contributed by atoms with van der Waals surface area (Å²) >= 11 is 6.03. The number of hydrogen-bond donors (Lipinski definition) is 0. The zero-order valence-electron chi connectivity index (χ0n) is 11.9. The van der Waals surface area contributed by atoms with E-state index in [0.29, 0.717) is 30.7 Å². The molecule has 0 spiro atoms. The molecule has 0 bridgehead atoms. The first-order chi connectivity index (χ1) is 9.60. The van der Waals surface area contributed by atoms with E-state index in [1.807, 2.05) is 31.9 Å². The number of nitrogens with zero attached hydrogens (tertiary/aromatic N) is 3. The van der Waals surface area contributed by atoms with Crippen LogP contribution < -0.4 is 4.90 Å². The number of aromatic nitrogens is 2. The fourth-order valence-electron chi connectivity index (χ4n) is 1.82. The minimum atomic E-state index is 0.364. The quantitative estimate of drug-likeness (QED) is 0.766. The first-order valence-corrected chi connectivity index (χ1v) is 6.83. The Balaban J connectivity index is 2.14. The largest absolute Gasteiger partial charge is 0.469 e. The van der Waals surface area contributed by atoms with Crippen molar-refractivity contribution >= 4 is 17.4 Å². The second-order valence-electron chi connectivity index (χ2n) is 4.46. The van der Waals surface area contributed by atoms with E-state index in [0.717, 1.165) is 17.1 Å². The van der Waals surface area contributed by atoms with Gasteiger partial charge in [-0.2, -0.15) is 0 Å². The number of aryl methyl sites for hydroxylation is 1. The van der Waals surface area contributed by atoms with Gasteiger partial charge in [0.25, 0.3) is 0 Å². The van der Waals surface area contributed by atoms with Crippen LogP contribution in [-0.2, 0) is 17.9 Å². The molecular formula is C14H18ClN3O2. The molecule has 2 heterocycles. The van der Waals surface area contributed by atoms with Crippen LogP contribution in [0.1, 0.15) is 24.1 Å². The second-order valence-corrected chi connectivity index (χ2v) is 4.85. The smallest absolute Gasteiger partial charge is 0.158 e. The van der Waals surface area contributed by atoms with Crippen molar-refractivity contribution in [2.75, 3.05) is 18.6 Å². The van der Waals surface area contributed by atoms with Crippen molar-refractivity contribution in [3.63, 3.8) is 0 Å². The zero-order valence-corrected chi connectivity index (χ0v) is 12.6. The van der Waals surface area contributed by atoms with E-state index < -0.39 is 0 Å². The van der Waals surface area contributed by atoms with E-state index in [1.165, 1.54) is 0 Å². The van der Waals surface area contributed by atoms with Crippen LogP contribution in [-0.4, -0.2) is 23.6 Å². The lowest BCUT2D eigenvalue weighted by atomic mass is 10.2. The molecule has 0 aromatic carbocycles. The van der Waals surface area contributed by atoms with Crippen LogP contribution in [0.25, 0.3) is 0 Å². The van der Waals surface area contributed by atoms with E-state index in [-0.39, 0.29) is 0 Å². The van der Waals surface area contributed by atoms with Gasteiger partial charge < -0.3 is 14.1 Å². The maximum atomic E-state index is 6.03. The molecule has 0 atom stereocenters. The summed E-state index contributed by atoms with van der Waals surface area (Å²) in [5.41, 5.74) is 1.12. The molecule has 0 saturated heterocycles. The highest BCUT2D eigenvalue weighted by atomic mass is 35.5. The van der Waals surface area contributed by atoms with E-state index >= 15 is 0 Å². The van der Waals surface area contributed by atoms with E-state index in [1.54, 1.807) is 12.3 Å². The Labute approximate surface area is 123 Å². The third-order valence-corrected chi connectivity index (χ3v) is 3.12. The van der Waals surface area contributed by atoms with Crippen molar-refractivity contribution in [3.05, 3.63) is 40.7 Å². The molecule has 2 aromatic heterocycles. The van der Waals surface area contributed by atoms with Crippen molar-refractivity contribution in [3.8, 4) is 0 Å². The Morgan fingerprint density at radius 2 is 2.20 bits per heavy atom. The van der Waals surface area contributed by atoms with Gasteiger partial charge in [0.1, 0.15) is 23.3 Å². The SMILES string of the molecule is CCOCc1nc(Cl)cc(N(C)Cc2ccoc2C)n1. The molecule has 108 valence electrons. The maximum absolute atomic E-state index is 6.03. The molecular weight excluding hydrogens is 278 g/mol. The third-order valence-electron chi connectivity index (χ3n) is 2.93. The normalized spacial score (nSPS) is 10.8. The monoisotopic (exact) mass is 295 g/mol. The third kappa shape index (κ3) is 3.71. The Morgan fingerprint density at radius 1 is 1.40 bits per heavy atom. The molecule has 0 radical (unpaired) electrons. The van der Waals surface area contributed by atoms with Gasteiger partial charge in [-0.3, -0.25) is 0 Å². The Morgan fingerprint density at radius 3 is 2.85 bits per heavy atom. The minimum absolute atomic E-state index is 0.364. The van der Waals surface area contributed by atoms with Crippen LogP contribution in [0.5, 0.6) is 0 Å². The highest BCUT2D eigenvalue weighted by molar-refractivity contribution is 6.29. The Bertz CT molecular complexity index is 571. The fraction of sp³-hybridized carbons (Fsp3) is 0.429. The summed E-state index contributed by atoms with van der Waals surface area (Å²) in [5.74, 6) is 2.26. The van der Waals surface area contributed by atoms with Gasteiger partial charge in [-0.1, -0.05) is 11.6 Å². The number of halogens is 1. The van der Waals surface area contributed by atoms with Crippen molar-refractivity contribution in [2.24, 2.45) is 0 Å². The van der Waals surface area contributed by atoms with Crippen molar-refractivity contribution < 1.29 is 9.15 Å². The molecule has 2 rings (SSSR count). The van der Waals surface area contributed by atoms with Crippen LogP contribution in [0.3, 0.4) is 0 Å². The summed E-state index contributed by atoms with van der Waals surface area (Å²) in [7, 11) is 1.95. The molecule has 0 fully saturated rings. The van der Waals surface area contributed by atoms with Crippen LogP contribution in [0.4, 0.5) is 5.82 Å². The molecule has 0 unspecified atom stereocenters. The molecule has 0 N–H and O–H groups in total. The number of hydrogen-bond acceptors (Lipinski definition) is 5. The van der Waals surface area contributed by atoms with Gasteiger partial charge >= 0.3 is 0 Å². The van der Waals surface area contributed by atoms with Gasteiger partial charge in [-0.15, -0.1) is 0 Å². The Kier molecular flexibility index (Phi) is 4.98. The predicted molar refractivity (Wildman–Crippen MR) is 77.9 cm³/mol. The van der Waals surface area contributed by atoms with E-state index in [9.17, 15) is 0 Å². The zero-order chi connectivity index (χ0) is 14.5. The van der Waals surface area contributed by atoms with Crippen LogP contribution in [0, 0.1) is 6.92 Å². The van der Waals surface area contributed by atoms with Crippen LogP contribution in [0.15, 0.2) is 22.8 Å². The number of ether oxygens (including phenoxy) is 1. The molecule has 0 amide bonds. The molecule has 20 heavy (non-hydrogen) atoms. The van der Waals surface area contributed by atoms with Gasteiger partial charge in [0.2, 0.25) is 0 Å². The number of furan rings is 1.